The van der Waals surface area contributed by atoms with Crippen molar-refractivity contribution in [3.05, 3.63) is 65.2 Å². The highest BCUT2D eigenvalue weighted by molar-refractivity contribution is 5.96. The van der Waals surface area contributed by atoms with Crippen LogP contribution in [-0.2, 0) is 17.8 Å². The summed E-state index contributed by atoms with van der Waals surface area (Å²) in [5, 5.41) is 2.90. The first-order valence-corrected chi connectivity index (χ1v) is 8.60. The second-order valence-electron chi connectivity index (χ2n) is 6.38. The molecule has 0 heterocycles. The normalized spacial score (nSPS) is 12.0. The molecule has 2 rings (SSSR count). The summed E-state index contributed by atoms with van der Waals surface area (Å²) in [6.07, 6.45) is 1.03. The van der Waals surface area contributed by atoms with Gasteiger partial charge in [-0.1, -0.05) is 31.2 Å². The molecule has 0 aliphatic rings. The average molecular weight is 338 g/mol. The predicted molar refractivity (Wildman–Crippen MR) is 102 cm³/mol. The predicted octanol–water partition coefficient (Wildman–Crippen LogP) is 3.91. The number of aryl methyl sites for hydroxylation is 1. The van der Waals surface area contributed by atoms with Crippen LogP contribution in [0.15, 0.2) is 48.5 Å². The molecule has 0 aromatic heterocycles. The van der Waals surface area contributed by atoms with E-state index in [1.165, 1.54) is 18.1 Å². The highest BCUT2D eigenvalue weighted by Gasteiger charge is 2.18. The zero-order chi connectivity index (χ0) is 18.4. The van der Waals surface area contributed by atoms with E-state index in [9.17, 15) is 9.59 Å². The standard InChI is InChI=1S/C21H26N2O2/c1-5-17-6-8-18(9-7-17)14-23(4)15(2)21(25)22-20-12-10-19(11-13-20)16(3)24/h6-13,15H,5,14H2,1-4H3,(H,22,25)/t15-/m0/s1. The van der Waals surface area contributed by atoms with Crippen molar-refractivity contribution >= 4 is 17.4 Å². The monoisotopic (exact) mass is 338 g/mol. The third-order valence-electron chi connectivity index (χ3n) is 4.46. The largest absolute Gasteiger partial charge is 0.325 e. The molecule has 2 aromatic carbocycles. The minimum atomic E-state index is -0.265. The lowest BCUT2D eigenvalue weighted by molar-refractivity contribution is -0.120. The maximum absolute atomic E-state index is 12.4. The zero-order valence-corrected chi connectivity index (χ0v) is 15.4. The molecule has 4 nitrogen and oxygen atoms in total. The van der Waals surface area contributed by atoms with Crippen molar-refractivity contribution in [3.8, 4) is 0 Å². The van der Waals surface area contributed by atoms with Crippen LogP contribution in [0.4, 0.5) is 5.69 Å². The molecule has 132 valence electrons. The van der Waals surface area contributed by atoms with Crippen LogP contribution in [0.2, 0.25) is 0 Å². The van der Waals surface area contributed by atoms with Crippen molar-refractivity contribution in [2.75, 3.05) is 12.4 Å². The Labute approximate surface area is 149 Å². The van der Waals surface area contributed by atoms with Crippen LogP contribution in [0, 0.1) is 0 Å². The number of nitrogens with one attached hydrogen (secondary N) is 1. The van der Waals surface area contributed by atoms with Crippen molar-refractivity contribution in [1.29, 1.82) is 0 Å². The minimum Gasteiger partial charge on any atom is -0.325 e. The number of benzene rings is 2. The molecule has 2 aromatic rings. The molecule has 0 unspecified atom stereocenters. The van der Waals surface area contributed by atoms with E-state index in [0.717, 1.165) is 6.42 Å². The third-order valence-corrected chi connectivity index (χ3v) is 4.46. The van der Waals surface area contributed by atoms with Crippen molar-refractivity contribution < 1.29 is 9.59 Å². The van der Waals surface area contributed by atoms with Gasteiger partial charge in [0.05, 0.1) is 6.04 Å². The summed E-state index contributed by atoms with van der Waals surface area (Å²) >= 11 is 0. The van der Waals surface area contributed by atoms with Gasteiger partial charge in [-0.15, -0.1) is 0 Å². The Morgan fingerprint density at radius 2 is 1.56 bits per heavy atom. The first-order chi connectivity index (χ1) is 11.9. The molecule has 0 bridgehead atoms. The van der Waals surface area contributed by atoms with E-state index in [2.05, 4.69) is 36.5 Å². The average Bonchev–Trinajstić information content (AvgIpc) is 2.62. The Morgan fingerprint density at radius 1 is 1.00 bits per heavy atom. The van der Waals surface area contributed by atoms with E-state index in [0.29, 0.717) is 17.8 Å². The fraction of sp³-hybridized carbons (Fsp3) is 0.333. The van der Waals surface area contributed by atoms with Gasteiger partial charge in [0.15, 0.2) is 5.78 Å². The van der Waals surface area contributed by atoms with Crippen molar-refractivity contribution in [2.24, 2.45) is 0 Å². The number of rotatable bonds is 7. The van der Waals surface area contributed by atoms with Gasteiger partial charge < -0.3 is 5.32 Å². The number of likely N-dealkylation sites (N-methyl/N-ethyl adjacent to an activating group) is 1. The molecule has 0 fully saturated rings. The van der Waals surface area contributed by atoms with Crippen LogP contribution in [0.1, 0.15) is 42.3 Å². The Hall–Kier alpha value is -2.46. The lowest BCUT2D eigenvalue weighted by atomic mass is 10.1. The summed E-state index contributed by atoms with van der Waals surface area (Å²) in [6.45, 7) is 6.26. The molecule has 1 atom stereocenters. The van der Waals surface area contributed by atoms with Crippen LogP contribution >= 0.6 is 0 Å². The maximum atomic E-state index is 12.4. The van der Waals surface area contributed by atoms with Gasteiger partial charge in [0.2, 0.25) is 5.91 Å². The van der Waals surface area contributed by atoms with Gasteiger partial charge in [0.1, 0.15) is 0 Å². The molecule has 1 amide bonds. The molecule has 0 aliphatic carbocycles. The number of carbonyl (C=O) groups is 2. The highest BCUT2D eigenvalue weighted by Crippen LogP contribution is 2.13. The topological polar surface area (TPSA) is 49.4 Å². The summed E-state index contributed by atoms with van der Waals surface area (Å²) in [5.41, 5.74) is 3.83. The number of amides is 1. The first kappa shape index (κ1) is 18.9. The molecule has 4 heteroatoms. The summed E-state index contributed by atoms with van der Waals surface area (Å²) in [4.78, 5) is 25.8. The number of anilines is 1. The number of ketones is 1. The first-order valence-electron chi connectivity index (χ1n) is 8.60. The molecule has 0 saturated heterocycles. The van der Waals surface area contributed by atoms with E-state index >= 15 is 0 Å². The quantitative estimate of drug-likeness (QED) is 0.779. The minimum absolute atomic E-state index is 0.0140. The third kappa shape index (κ3) is 5.26. The maximum Gasteiger partial charge on any atom is 0.241 e. The SMILES string of the molecule is CCc1ccc(CN(C)[C@@H](C)C(=O)Nc2ccc(C(C)=O)cc2)cc1. The second-order valence-corrected chi connectivity index (χ2v) is 6.38. The molecular formula is C21H26N2O2. The lowest BCUT2D eigenvalue weighted by Crippen LogP contribution is -2.39. The van der Waals surface area contributed by atoms with Crippen molar-refractivity contribution in [3.63, 3.8) is 0 Å². The van der Waals surface area contributed by atoms with Gasteiger partial charge in [-0.05, 0) is 62.7 Å². The van der Waals surface area contributed by atoms with Gasteiger partial charge in [0.25, 0.3) is 0 Å². The fourth-order valence-corrected chi connectivity index (χ4v) is 2.54. The van der Waals surface area contributed by atoms with Gasteiger partial charge in [0, 0.05) is 17.8 Å². The van der Waals surface area contributed by atoms with E-state index in [4.69, 9.17) is 0 Å². The van der Waals surface area contributed by atoms with Gasteiger partial charge in [-0.2, -0.15) is 0 Å². The Morgan fingerprint density at radius 3 is 2.08 bits per heavy atom. The Bertz CT molecular complexity index is 721. The summed E-state index contributed by atoms with van der Waals surface area (Å²) in [5.74, 6) is -0.0525. The Balaban J connectivity index is 1.94. The van der Waals surface area contributed by atoms with E-state index in [1.54, 1.807) is 24.3 Å². The van der Waals surface area contributed by atoms with Crippen molar-refractivity contribution in [1.82, 2.24) is 4.90 Å². The summed E-state index contributed by atoms with van der Waals surface area (Å²) < 4.78 is 0. The number of hydrogen-bond donors (Lipinski definition) is 1. The van der Waals surface area contributed by atoms with Crippen LogP contribution in [0.5, 0.6) is 0 Å². The van der Waals surface area contributed by atoms with Crippen LogP contribution in [0.25, 0.3) is 0 Å². The zero-order valence-electron chi connectivity index (χ0n) is 15.4. The van der Waals surface area contributed by atoms with E-state index in [1.807, 2.05) is 18.9 Å². The van der Waals surface area contributed by atoms with Crippen LogP contribution in [-0.4, -0.2) is 29.7 Å². The molecule has 0 aliphatic heterocycles. The second kappa shape index (κ2) is 8.58. The molecule has 1 N–H and O–H groups in total. The van der Waals surface area contributed by atoms with Crippen molar-refractivity contribution in [2.45, 2.75) is 39.8 Å². The molecule has 0 spiro atoms. The molecule has 0 saturated carbocycles. The summed E-state index contributed by atoms with van der Waals surface area (Å²) in [7, 11) is 1.94. The number of hydrogen-bond acceptors (Lipinski definition) is 3. The fourth-order valence-electron chi connectivity index (χ4n) is 2.54. The van der Waals surface area contributed by atoms with E-state index in [-0.39, 0.29) is 17.7 Å². The Kier molecular flexibility index (Phi) is 6.48. The lowest BCUT2D eigenvalue weighted by Gasteiger charge is -2.24. The smallest absolute Gasteiger partial charge is 0.241 e. The number of carbonyl (C=O) groups excluding carboxylic acids is 2. The van der Waals surface area contributed by atoms with Crippen LogP contribution in [0.3, 0.4) is 0 Å². The molecule has 25 heavy (non-hydrogen) atoms. The van der Waals surface area contributed by atoms with E-state index < -0.39 is 0 Å². The highest BCUT2D eigenvalue weighted by atomic mass is 16.2. The van der Waals surface area contributed by atoms with Gasteiger partial charge in [-0.3, -0.25) is 14.5 Å². The van der Waals surface area contributed by atoms with Gasteiger partial charge >= 0.3 is 0 Å². The summed E-state index contributed by atoms with van der Waals surface area (Å²) in [6, 6.07) is 15.2. The molecular weight excluding hydrogens is 312 g/mol. The number of nitrogens with zero attached hydrogens (tertiary/aromatic N) is 1. The molecule has 0 radical (unpaired) electrons. The van der Waals surface area contributed by atoms with Crippen LogP contribution < -0.4 is 5.32 Å². The number of Topliss-reactive ketones (excluding diaryl/α,β-unsaturated/α-hetero) is 1. The van der Waals surface area contributed by atoms with Gasteiger partial charge in [-0.25, -0.2) is 0 Å².